The van der Waals surface area contributed by atoms with Crippen LogP contribution in [0.2, 0.25) is 0 Å². The Morgan fingerprint density at radius 3 is 2.16 bits per heavy atom. The first kappa shape index (κ1) is 21.3. The van der Waals surface area contributed by atoms with Crippen LogP contribution in [-0.4, -0.2) is 12.5 Å². The molecular formula is C20H35N3O2. The minimum atomic E-state index is -0.109. The number of unbranched alkanes of at least 4 members (excludes halogenated alkanes) is 9. The van der Waals surface area contributed by atoms with Crippen molar-refractivity contribution >= 4 is 17.3 Å². The Hall–Kier alpha value is -1.75. The second-order valence-corrected chi connectivity index (χ2v) is 6.57. The highest BCUT2D eigenvalue weighted by molar-refractivity contribution is 5.89. The van der Waals surface area contributed by atoms with Crippen molar-refractivity contribution in [1.29, 1.82) is 0 Å². The number of ether oxygens (including phenoxy) is 1. The minimum Gasteiger partial charge on any atom is -0.491 e. The molecule has 1 aromatic carbocycles. The van der Waals surface area contributed by atoms with E-state index in [1.165, 1.54) is 64.7 Å². The third kappa shape index (κ3) is 9.97. The lowest BCUT2D eigenvalue weighted by Gasteiger charge is -2.13. The molecule has 1 amide bonds. The van der Waals surface area contributed by atoms with Crippen molar-refractivity contribution in [3.05, 3.63) is 18.2 Å². The molecule has 0 radical (unpaired) electrons. The summed E-state index contributed by atoms with van der Waals surface area (Å²) in [7, 11) is 0. The maximum absolute atomic E-state index is 11.1. The van der Waals surface area contributed by atoms with Crippen molar-refractivity contribution in [1.82, 2.24) is 0 Å². The van der Waals surface area contributed by atoms with E-state index in [1.54, 1.807) is 6.07 Å². The van der Waals surface area contributed by atoms with E-state index in [9.17, 15) is 4.79 Å². The van der Waals surface area contributed by atoms with Crippen molar-refractivity contribution in [2.45, 2.75) is 78.1 Å². The van der Waals surface area contributed by atoms with Gasteiger partial charge in [-0.1, -0.05) is 64.7 Å². The molecule has 5 heteroatoms. The topological polar surface area (TPSA) is 76.4 Å². The van der Waals surface area contributed by atoms with Crippen LogP contribution in [-0.2, 0) is 4.79 Å². The number of nitrogen functional groups attached to an aromatic ring is 1. The summed E-state index contributed by atoms with van der Waals surface area (Å²) in [5, 5.41) is 2.73. The molecule has 1 aromatic rings. The van der Waals surface area contributed by atoms with Crippen molar-refractivity contribution < 1.29 is 9.53 Å². The first-order chi connectivity index (χ1) is 12.2. The zero-order chi connectivity index (χ0) is 18.3. The number of carbonyl (C=O) groups excluding carboxylic acids is 1. The summed E-state index contributed by atoms with van der Waals surface area (Å²) in [6, 6.07) is 5.42. The predicted molar refractivity (Wildman–Crippen MR) is 106 cm³/mol. The monoisotopic (exact) mass is 349 g/mol. The molecule has 0 aromatic heterocycles. The van der Waals surface area contributed by atoms with Gasteiger partial charge in [-0.15, -0.1) is 0 Å². The zero-order valence-corrected chi connectivity index (χ0v) is 15.9. The highest BCUT2D eigenvalue weighted by Gasteiger charge is 2.05. The third-order valence-electron chi connectivity index (χ3n) is 4.21. The summed E-state index contributed by atoms with van der Waals surface area (Å²) in [6.07, 6.45) is 13.1. The molecule has 0 heterocycles. The Morgan fingerprint density at radius 2 is 1.60 bits per heavy atom. The lowest BCUT2D eigenvalue weighted by Crippen LogP contribution is -2.11. The van der Waals surface area contributed by atoms with Gasteiger partial charge >= 0.3 is 0 Å². The maximum atomic E-state index is 11.1. The van der Waals surface area contributed by atoms with Gasteiger partial charge in [-0.2, -0.15) is 0 Å². The summed E-state index contributed by atoms with van der Waals surface area (Å²) in [5.41, 5.74) is 4.00. The van der Waals surface area contributed by atoms with E-state index in [4.69, 9.17) is 10.6 Å². The number of hydrogen-bond donors (Lipinski definition) is 3. The second-order valence-electron chi connectivity index (χ2n) is 6.57. The van der Waals surface area contributed by atoms with Crippen molar-refractivity contribution in [2.75, 3.05) is 17.3 Å². The molecule has 0 saturated carbocycles. The Kier molecular flexibility index (Phi) is 11.5. The predicted octanol–water partition coefficient (Wildman–Crippen LogP) is 5.23. The summed E-state index contributed by atoms with van der Waals surface area (Å²) < 4.78 is 5.80. The first-order valence-corrected chi connectivity index (χ1v) is 9.68. The lowest BCUT2D eigenvalue weighted by atomic mass is 10.1. The molecule has 0 aliphatic rings. The Labute approximate surface area is 152 Å². The molecule has 0 spiro atoms. The van der Waals surface area contributed by atoms with Crippen LogP contribution >= 0.6 is 0 Å². The molecule has 5 nitrogen and oxygen atoms in total. The van der Waals surface area contributed by atoms with Crippen molar-refractivity contribution in [3.8, 4) is 5.75 Å². The minimum absolute atomic E-state index is 0.109. The fraction of sp³-hybridized carbons (Fsp3) is 0.650. The van der Waals surface area contributed by atoms with Gasteiger partial charge in [-0.3, -0.25) is 10.6 Å². The Morgan fingerprint density at radius 1 is 1.00 bits per heavy atom. The molecule has 1 rings (SSSR count). The van der Waals surface area contributed by atoms with Crippen LogP contribution in [0.1, 0.15) is 78.1 Å². The highest BCUT2D eigenvalue weighted by atomic mass is 16.5. The quantitative estimate of drug-likeness (QED) is 0.244. The van der Waals surface area contributed by atoms with Gasteiger partial charge in [0.05, 0.1) is 12.3 Å². The van der Waals surface area contributed by atoms with Gasteiger partial charge in [-0.05, 0) is 24.6 Å². The maximum Gasteiger partial charge on any atom is 0.221 e. The summed E-state index contributed by atoms with van der Waals surface area (Å²) >= 11 is 0. The van der Waals surface area contributed by atoms with Crippen LogP contribution in [0.4, 0.5) is 11.4 Å². The molecule has 0 fully saturated rings. The molecular weight excluding hydrogens is 314 g/mol. The third-order valence-corrected chi connectivity index (χ3v) is 4.21. The van der Waals surface area contributed by atoms with E-state index in [0.717, 1.165) is 6.42 Å². The van der Waals surface area contributed by atoms with Gasteiger partial charge in [0.15, 0.2) is 0 Å². The first-order valence-electron chi connectivity index (χ1n) is 9.68. The van der Waals surface area contributed by atoms with E-state index in [1.807, 2.05) is 12.1 Å². The van der Waals surface area contributed by atoms with E-state index in [0.29, 0.717) is 23.7 Å². The molecule has 0 aliphatic carbocycles. The highest BCUT2D eigenvalue weighted by Crippen LogP contribution is 2.27. The number of anilines is 2. The van der Waals surface area contributed by atoms with Crippen molar-refractivity contribution in [3.63, 3.8) is 0 Å². The van der Waals surface area contributed by atoms with E-state index < -0.39 is 0 Å². The molecule has 0 saturated heterocycles. The van der Waals surface area contributed by atoms with E-state index >= 15 is 0 Å². The van der Waals surface area contributed by atoms with Crippen LogP contribution in [0.25, 0.3) is 0 Å². The number of nitrogens with two attached hydrogens (primary N) is 1. The average Bonchev–Trinajstić information content (AvgIpc) is 2.60. The standard InChI is InChI=1S/C20H35N3O2/c1-3-4-5-6-7-8-9-10-11-12-15-25-20-14-13-18(22-17(2)24)16-19(20)23-21/h13-14,16,23H,3-12,15,21H2,1-2H3,(H,22,24). The second kappa shape index (κ2) is 13.5. The van der Waals surface area contributed by atoms with Crippen molar-refractivity contribution in [2.24, 2.45) is 5.84 Å². The van der Waals surface area contributed by atoms with Crippen LogP contribution < -0.4 is 21.3 Å². The van der Waals surface area contributed by atoms with Crippen LogP contribution in [0.3, 0.4) is 0 Å². The number of carbonyl (C=O) groups is 1. The van der Waals surface area contributed by atoms with Crippen LogP contribution in [0.15, 0.2) is 18.2 Å². The van der Waals surface area contributed by atoms with Gasteiger partial charge in [0, 0.05) is 12.6 Å². The molecule has 0 aliphatic heterocycles. The van der Waals surface area contributed by atoms with E-state index in [-0.39, 0.29) is 5.91 Å². The van der Waals surface area contributed by atoms with E-state index in [2.05, 4.69) is 17.7 Å². The largest absolute Gasteiger partial charge is 0.491 e. The number of nitrogens with one attached hydrogen (secondary N) is 2. The van der Waals surface area contributed by atoms with Crippen LogP contribution in [0, 0.1) is 0 Å². The Bertz CT molecular complexity index is 492. The van der Waals surface area contributed by atoms with Gasteiger partial charge in [0.1, 0.15) is 5.75 Å². The molecule has 0 atom stereocenters. The lowest BCUT2D eigenvalue weighted by molar-refractivity contribution is -0.114. The molecule has 4 N–H and O–H groups in total. The number of amides is 1. The van der Waals surface area contributed by atoms with Gasteiger partial charge < -0.3 is 15.5 Å². The Balaban J connectivity index is 2.14. The summed E-state index contributed by atoms with van der Waals surface area (Å²) in [6.45, 7) is 4.42. The number of hydrazine groups is 1. The fourth-order valence-electron chi connectivity index (χ4n) is 2.82. The van der Waals surface area contributed by atoms with Gasteiger partial charge in [0.25, 0.3) is 0 Å². The average molecular weight is 350 g/mol. The fourth-order valence-corrected chi connectivity index (χ4v) is 2.82. The molecule has 0 unspecified atom stereocenters. The molecule has 0 bridgehead atoms. The number of hydrogen-bond acceptors (Lipinski definition) is 4. The molecule has 142 valence electrons. The van der Waals surface area contributed by atoms with Gasteiger partial charge in [0.2, 0.25) is 5.91 Å². The number of rotatable bonds is 14. The van der Waals surface area contributed by atoms with Crippen LogP contribution in [0.5, 0.6) is 5.75 Å². The zero-order valence-electron chi connectivity index (χ0n) is 15.9. The SMILES string of the molecule is CCCCCCCCCCCCOc1ccc(NC(C)=O)cc1NN. The summed E-state index contributed by atoms with van der Waals surface area (Å²) in [5.74, 6) is 6.14. The number of benzene rings is 1. The van der Waals surface area contributed by atoms with Gasteiger partial charge in [-0.25, -0.2) is 0 Å². The summed E-state index contributed by atoms with van der Waals surface area (Å²) in [4.78, 5) is 11.1. The molecule has 25 heavy (non-hydrogen) atoms. The normalized spacial score (nSPS) is 10.5. The smallest absolute Gasteiger partial charge is 0.221 e.